The third kappa shape index (κ3) is 2.11. The monoisotopic (exact) mass is 466 g/mol. The summed E-state index contributed by atoms with van der Waals surface area (Å²) in [5.41, 5.74) is 1.81. The molecule has 4 saturated carbocycles. The average Bonchev–Trinajstić information content (AvgIpc) is 3.31. The predicted octanol–water partition coefficient (Wildman–Crippen LogP) is 5.31. The maximum atomic E-state index is 12.5. The Morgan fingerprint density at radius 1 is 1.12 bits per heavy atom. The second kappa shape index (κ2) is 6.29. The molecule has 0 aromatic carbocycles. The van der Waals surface area contributed by atoms with Crippen LogP contribution in [0.1, 0.15) is 73.1 Å². The number of aliphatic hydroxyl groups excluding tert-OH is 1. The fourth-order valence-electron chi connectivity index (χ4n) is 11.4. The van der Waals surface area contributed by atoms with Crippen LogP contribution < -0.4 is 0 Å². The summed E-state index contributed by atoms with van der Waals surface area (Å²) in [6.45, 7) is 16.5. The number of fused-ring (bicyclic) bond motifs is 4. The van der Waals surface area contributed by atoms with E-state index >= 15 is 0 Å². The quantitative estimate of drug-likeness (QED) is 0.492. The van der Waals surface area contributed by atoms with E-state index in [0.29, 0.717) is 35.6 Å². The van der Waals surface area contributed by atoms with Crippen molar-refractivity contribution in [3.05, 3.63) is 24.3 Å². The van der Waals surface area contributed by atoms with Crippen LogP contribution in [-0.2, 0) is 14.3 Å². The van der Waals surface area contributed by atoms with Gasteiger partial charge in [-0.15, -0.1) is 0 Å². The molecule has 0 amide bonds. The summed E-state index contributed by atoms with van der Waals surface area (Å²) in [7, 11) is 0. The molecule has 7 aliphatic rings. The zero-order valence-corrected chi connectivity index (χ0v) is 21.6. The maximum Gasteiger partial charge on any atom is 0.218 e. The number of carbonyl (C=O) groups excluding carboxylic acids is 1. The summed E-state index contributed by atoms with van der Waals surface area (Å²) in [5, 5.41) is 11.6. The van der Waals surface area contributed by atoms with Gasteiger partial charge >= 0.3 is 0 Å². The summed E-state index contributed by atoms with van der Waals surface area (Å²) in [5.74, 6) is 1.30. The van der Waals surface area contributed by atoms with Gasteiger partial charge in [0.1, 0.15) is 6.10 Å². The van der Waals surface area contributed by atoms with Gasteiger partial charge in [0, 0.05) is 11.8 Å². The Hall–Kier alpha value is -0.970. The van der Waals surface area contributed by atoms with Gasteiger partial charge in [-0.3, -0.25) is 4.79 Å². The first kappa shape index (κ1) is 22.2. The number of allylic oxidation sites excluding steroid dienone is 2. The van der Waals surface area contributed by atoms with Crippen molar-refractivity contribution in [1.29, 1.82) is 0 Å². The summed E-state index contributed by atoms with van der Waals surface area (Å²) in [4.78, 5) is 12.5. The van der Waals surface area contributed by atoms with Crippen molar-refractivity contribution >= 4 is 5.78 Å². The van der Waals surface area contributed by atoms with Crippen molar-refractivity contribution in [1.82, 2.24) is 0 Å². The lowest BCUT2D eigenvalue weighted by atomic mass is 9.43. The third-order valence-corrected chi connectivity index (χ3v) is 13.4. The molecule has 0 radical (unpaired) electrons. The van der Waals surface area contributed by atoms with Crippen LogP contribution in [0, 0.1) is 57.2 Å². The lowest BCUT2D eigenvalue weighted by Gasteiger charge is -2.61. The Bertz CT molecular complexity index is 1020. The number of rotatable bonds is 0. The van der Waals surface area contributed by atoms with Crippen LogP contribution in [-0.4, -0.2) is 35.5 Å². The summed E-state index contributed by atoms with van der Waals surface area (Å²) in [6, 6.07) is 0. The minimum absolute atomic E-state index is 0.0976. The number of carbonyl (C=O) groups is 1. The van der Waals surface area contributed by atoms with Crippen LogP contribution in [0.25, 0.3) is 0 Å². The van der Waals surface area contributed by atoms with Gasteiger partial charge in [-0.1, -0.05) is 47.3 Å². The molecule has 186 valence electrons. The van der Waals surface area contributed by atoms with Gasteiger partial charge in [0.25, 0.3) is 0 Å². The Labute approximate surface area is 204 Å². The van der Waals surface area contributed by atoms with Gasteiger partial charge < -0.3 is 14.6 Å². The smallest absolute Gasteiger partial charge is 0.218 e. The van der Waals surface area contributed by atoms with Gasteiger partial charge in [-0.2, -0.15) is 0 Å². The summed E-state index contributed by atoms with van der Waals surface area (Å²) < 4.78 is 13.1. The highest BCUT2D eigenvalue weighted by atomic mass is 16.7. The highest BCUT2D eigenvalue weighted by Crippen LogP contribution is 2.87. The second-order valence-corrected chi connectivity index (χ2v) is 14.1. The Balaban J connectivity index is 1.28. The molecule has 13 atom stereocenters. The lowest BCUT2D eigenvalue weighted by molar-refractivity contribution is -0.313. The van der Waals surface area contributed by atoms with Crippen molar-refractivity contribution in [2.45, 2.75) is 91.1 Å². The molecule has 5 unspecified atom stereocenters. The minimum Gasteiger partial charge on any atom is -0.387 e. The normalized spacial score (nSPS) is 63.7. The van der Waals surface area contributed by atoms with E-state index in [1.807, 2.05) is 6.08 Å². The van der Waals surface area contributed by atoms with E-state index in [1.165, 1.54) is 32.1 Å². The van der Waals surface area contributed by atoms with Gasteiger partial charge in [0.05, 0.1) is 12.7 Å². The molecule has 5 aliphatic carbocycles. The van der Waals surface area contributed by atoms with Crippen molar-refractivity contribution in [3.8, 4) is 0 Å². The first-order chi connectivity index (χ1) is 16.0. The van der Waals surface area contributed by atoms with E-state index in [-0.39, 0.29) is 40.1 Å². The molecule has 34 heavy (non-hydrogen) atoms. The van der Waals surface area contributed by atoms with Gasteiger partial charge in [-0.25, -0.2) is 0 Å². The first-order valence-electron chi connectivity index (χ1n) is 13.9. The fourth-order valence-corrected chi connectivity index (χ4v) is 11.4. The van der Waals surface area contributed by atoms with E-state index in [4.69, 9.17) is 9.47 Å². The molecule has 0 aromatic heterocycles. The molecule has 6 fully saturated rings. The maximum absolute atomic E-state index is 12.5. The first-order valence-corrected chi connectivity index (χ1v) is 13.9. The van der Waals surface area contributed by atoms with Gasteiger partial charge in [0.2, 0.25) is 5.79 Å². The molecular weight excluding hydrogens is 424 g/mol. The molecule has 2 aliphatic heterocycles. The molecule has 4 heteroatoms. The number of ketones is 1. The highest BCUT2D eigenvalue weighted by Gasteiger charge is 2.82. The van der Waals surface area contributed by atoms with Crippen molar-refractivity contribution < 1.29 is 19.4 Å². The number of ether oxygens (including phenoxy) is 2. The zero-order valence-electron chi connectivity index (χ0n) is 21.6. The molecule has 3 spiro atoms. The summed E-state index contributed by atoms with van der Waals surface area (Å²) >= 11 is 0. The molecular formula is C30H42O4. The van der Waals surface area contributed by atoms with Crippen molar-refractivity contribution in [3.63, 3.8) is 0 Å². The SMILES string of the molecule is C=C1C(C)COC12O[C@H]1C[C@@]3(C)[C@@H]4CC[C@H]5[C@H](C)C(=O)C=CC56CC46CC[C@]3(C)[C@H]1C(C)[C@H]2O. The molecule has 7 rings (SSSR count). The molecule has 2 heterocycles. The van der Waals surface area contributed by atoms with Crippen molar-refractivity contribution in [2.75, 3.05) is 6.61 Å². The molecule has 0 bridgehead atoms. The van der Waals surface area contributed by atoms with Crippen LogP contribution in [0.2, 0.25) is 0 Å². The Morgan fingerprint density at radius 3 is 2.59 bits per heavy atom. The van der Waals surface area contributed by atoms with E-state index in [2.05, 4.69) is 47.3 Å². The fraction of sp³-hybridized carbons (Fsp3) is 0.833. The number of hydrogen-bond acceptors (Lipinski definition) is 4. The van der Waals surface area contributed by atoms with Crippen molar-refractivity contribution in [2.24, 2.45) is 57.2 Å². The zero-order chi connectivity index (χ0) is 24.1. The van der Waals surface area contributed by atoms with Crippen LogP contribution >= 0.6 is 0 Å². The van der Waals surface area contributed by atoms with E-state index in [9.17, 15) is 9.90 Å². The standard InChI is InChI=1S/C30H42O4/c1-16-14-33-30(19(16)4)25(32)18(3)24-22(34-30)13-27(6)23-8-7-20-17(2)21(31)9-10-28(20)15-29(23,28)12-11-26(24,27)5/h9-10,16-18,20,22-25,32H,4,7-8,11-15H2,1-3,5-6H3/t16?,17-,18?,20-,22-,23-,24-,25+,26+,27-,28?,29?,30?/m0/s1. The van der Waals surface area contributed by atoms with E-state index in [0.717, 1.165) is 12.0 Å². The van der Waals surface area contributed by atoms with Crippen LogP contribution in [0.4, 0.5) is 0 Å². The number of hydrogen-bond donors (Lipinski definition) is 1. The Kier molecular flexibility index (Phi) is 4.11. The molecule has 4 nitrogen and oxygen atoms in total. The second-order valence-electron chi connectivity index (χ2n) is 14.1. The molecule has 0 aromatic rings. The number of aliphatic hydroxyl groups is 1. The minimum atomic E-state index is -1.03. The third-order valence-electron chi connectivity index (χ3n) is 13.4. The predicted molar refractivity (Wildman–Crippen MR) is 130 cm³/mol. The molecule has 2 saturated heterocycles. The van der Waals surface area contributed by atoms with Crippen LogP contribution in [0.3, 0.4) is 0 Å². The topological polar surface area (TPSA) is 55.8 Å². The lowest BCUT2D eigenvalue weighted by Crippen LogP contribution is -2.61. The van der Waals surface area contributed by atoms with Gasteiger partial charge in [0.15, 0.2) is 5.78 Å². The average molecular weight is 467 g/mol. The van der Waals surface area contributed by atoms with E-state index < -0.39 is 11.9 Å². The van der Waals surface area contributed by atoms with Crippen LogP contribution in [0.15, 0.2) is 24.3 Å². The highest BCUT2D eigenvalue weighted by molar-refractivity contribution is 5.93. The van der Waals surface area contributed by atoms with Gasteiger partial charge in [-0.05, 0) is 95.5 Å². The summed E-state index contributed by atoms with van der Waals surface area (Å²) in [6.07, 6.45) is 10.9. The Morgan fingerprint density at radius 2 is 1.88 bits per heavy atom. The molecule has 1 N–H and O–H groups in total. The van der Waals surface area contributed by atoms with Crippen LogP contribution in [0.5, 0.6) is 0 Å². The van der Waals surface area contributed by atoms with E-state index in [1.54, 1.807) is 0 Å². The largest absolute Gasteiger partial charge is 0.387 e.